The van der Waals surface area contributed by atoms with Crippen LogP contribution in [0.4, 0.5) is 11.4 Å². The van der Waals surface area contributed by atoms with Gasteiger partial charge in [0.15, 0.2) is 0 Å². The first-order chi connectivity index (χ1) is 12.2. The molecule has 1 atom stereocenters. The molecule has 0 unspecified atom stereocenters. The molecule has 0 saturated heterocycles. The number of aromatic nitrogens is 3. The van der Waals surface area contributed by atoms with E-state index in [1.165, 1.54) is 11.8 Å². The van der Waals surface area contributed by atoms with Crippen LogP contribution in [0.15, 0.2) is 65.8 Å². The number of benzene rings is 2. The molecule has 128 valence electrons. The first-order valence-corrected chi connectivity index (χ1v) is 9.09. The lowest BCUT2D eigenvalue weighted by Crippen LogP contribution is -2.32. The molecule has 0 aliphatic carbocycles. The Balaban J connectivity index is 1.86. The van der Waals surface area contributed by atoms with Gasteiger partial charge < -0.3 is 0 Å². The Labute approximate surface area is 151 Å². The summed E-state index contributed by atoms with van der Waals surface area (Å²) in [6.45, 7) is 3.89. The molecule has 1 amide bonds. The van der Waals surface area contributed by atoms with Gasteiger partial charge in [0.2, 0.25) is 11.1 Å². The predicted octanol–water partition coefficient (Wildman–Crippen LogP) is 4.21. The van der Waals surface area contributed by atoms with Crippen molar-refractivity contribution in [2.45, 2.75) is 30.7 Å². The summed E-state index contributed by atoms with van der Waals surface area (Å²) in [5.41, 5.74) is 1.69. The van der Waals surface area contributed by atoms with E-state index in [1.54, 1.807) is 4.90 Å². The maximum atomic E-state index is 13.2. The van der Waals surface area contributed by atoms with Crippen LogP contribution in [-0.4, -0.2) is 26.3 Å². The van der Waals surface area contributed by atoms with Crippen LogP contribution in [0.2, 0.25) is 0 Å². The van der Waals surface area contributed by atoms with Gasteiger partial charge in [-0.15, -0.1) is 5.10 Å². The van der Waals surface area contributed by atoms with Gasteiger partial charge >= 0.3 is 0 Å². The number of rotatable bonds is 6. The molecule has 6 heteroatoms. The number of nitrogens with one attached hydrogen (secondary N) is 1. The first-order valence-electron chi connectivity index (χ1n) is 8.21. The Hall–Kier alpha value is -2.60. The van der Waals surface area contributed by atoms with Crippen molar-refractivity contribution in [2.75, 3.05) is 4.90 Å². The fourth-order valence-corrected chi connectivity index (χ4v) is 3.22. The molecule has 3 rings (SSSR count). The van der Waals surface area contributed by atoms with Gasteiger partial charge in [0.1, 0.15) is 5.82 Å². The molecule has 5 nitrogen and oxygen atoms in total. The minimum Gasteiger partial charge on any atom is -0.280 e. The predicted molar refractivity (Wildman–Crippen MR) is 101 cm³/mol. The van der Waals surface area contributed by atoms with Crippen LogP contribution in [-0.2, 0) is 11.2 Å². The van der Waals surface area contributed by atoms with E-state index in [9.17, 15) is 4.79 Å². The minimum atomic E-state index is -0.319. The highest BCUT2D eigenvalue weighted by Gasteiger charge is 2.25. The van der Waals surface area contributed by atoms with Crippen molar-refractivity contribution in [3.8, 4) is 0 Å². The van der Waals surface area contributed by atoms with Gasteiger partial charge in [-0.1, -0.05) is 55.1 Å². The van der Waals surface area contributed by atoms with Crippen molar-refractivity contribution in [3.05, 3.63) is 66.5 Å². The molecule has 0 aliphatic rings. The summed E-state index contributed by atoms with van der Waals surface area (Å²) in [5, 5.41) is 7.33. The Morgan fingerprint density at radius 2 is 1.64 bits per heavy atom. The van der Waals surface area contributed by atoms with E-state index in [-0.39, 0.29) is 11.2 Å². The summed E-state index contributed by atoms with van der Waals surface area (Å²) in [7, 11) is 0. The monoisotopic (exact) mass is 352 g/mol. The molecule has 0 aliphatic heterocycles. The number of hydrogen-bond acceptors (Lipinski definition) is 4. The third-order valence-corrected chi connectivity index (χ3v) is 4.67. The zero-order chi connectivity index (χ0) is 17.6. The number of carbonyl (C=O) groups is 1. The molecule has 3 aromatic rings. The van der Waals surface area contributed by atoms with Gasteiger partial charge in [-0.05, 0) is 31.2 Å². The largest absolute Gasteiger partial charge is 0.280 e. The molecule has 1 heterocycles. The van der Waals surface area contributed by atoms with Gasteiger partial charge in [-0.25, -0.2) is 4.98 Å². The van der Waals surface area contributed by atoms with E-state index < -0.39 is 0 Å². The Kier molecular flexibility index (Phi) is 5.50. The molecule has 0 saturated carbocycles. The Morgan fingerprint density at radius 3 is 2.12 bits per heavy atom. The van der Waals surface area contributed by atoms with Crippen LogP contribution >= 0.6 is 11.8 Å². The summed E-state index contributed by atoms with van der Waals surface area (Å²) in [5.74, 6) is 0.815. The van der Waals surface area contributed by atoms with Crippen LogP contribution in [0, 0.1) is 0 Å². The summed E-state index contributed by atoms with van der Waals surface area (Å²) in [4.78, 5) is 19.3. The third kappa shape index (κ3) is 4.09. The normalized spacial score (nSPS) is 11.9. The van der Waals surface area contributed by atoms with Gasteiger partial charge in [0, 0.05) is 17.8 Å². The van der Waals surface area contributed by atoms with E-state index in [0.29, 0.717) is 5.16 Å². The van der Waals surface area contributed by atoms with Crippen LogP contribution in [0.5, 0.6) is 0 Å². The molecule has 0 bridgehead atoms. The average Bonchev–Trinajstić information content (AvgIpc) is 3.11. The number of hydrogen-bond donors (Lipinski definition) is 1. The topological polar surface area (TPSA) is 61.9 Å². The second kappa shape index (κ2) is 7.98. The molecule has 1 N–H and O–H groups in total. The number of H-pyrrole nitrogens is 1. The van der Waals surface area contributed by atoms with Crippen molar-refractivity contribution in [1.82, 2.24) is 15.2 Å². The van der Waals surface area contributed by atoms with Gasteiger partial charge in [-0.2, -0.15) is 0 Å². The summed E-state index contributed by atoms with van der Waals surface area (Å²) in [6, 6.07) is 19.3. The second-order valence-corrected chi connectivity index (χ2v) is 6.83. The number of para-hydroxylation sites is 2. The maximum absolute atomic E-state index is 13.2. The quantitative estimate of drug-likeness (QED) is 0.675. The summed E-state index contributed by atoms with van der Waals surface area (Å²) < 4.78 is 0. The lowest BCUT2D eigenvalue weighted by molar-refractivity contribution is -0.117. The molecular formula is C19H20N4OS. The second-order valence-electron chi connectivity index (χ2n) is 5.52. The SMILES string of the molecule is CCc1nc(S[C@H](C)C(=O)N(c2ccccc2)c2ccccc2)n[nH]1. The smallest absolute Gasteiger partial charge is 0.244 e. The third-order valence-electron chi connectivity index (χ3n) is 3.73. The number of aromatic amines is 1. The number of aryl methyl sites for hydroxylation is 1. The van der Waals surface area contributed by atoms with Crippen molar-refractivity contribution in [1.29, 1.82) is 0 Å². The van der Waals surface area contributed by atoms with Crippen molar-refractivity contribution < 1.29 is 4.79 Å². The van der Waals surface area contributed by atoms with E-state index in [4.69, 9.17) is 0 Å². The van der Waals surface area contributed by atoms with Gasteiger partial charge in [0.25, 0.3) is 0 Å². The number of anilines is 2. The zero-order valence-corrected chi connectivity index (χ0v) is 15.0. The fraction of sp³-hybridized carbons (Fsp3) is 0.211. The van der Waals surface area contributed by atoms with Gasteiger partial charge in [-0.3, -0.25) is 14.8 Å². The van der Waals surface area contributed by atoms with E-state index in [1.807, 2.05) is 74.5 Å². The van der Waals surface area contributed by atoms with Crippen molar-refractivity contribution >= 4 is 29.0 Å². The first kappa shape index (κ1) is 17.2. The highest BCUT2D eigenvalue weighted by molar-refractivity contribution is 8.00. The molecule has 2 aromatic carbocycles. The van der Waals surface area contributed by atoms with Crippen molar-refractivity contribution in [3.63, 3.8) is 0 Å². The summed E-state index contributed by atoms with van der Waals surface area (Å²) in [6.07, 6.45) is 0.788. The van der Waals surface area contributed by atoms with E-state index in [2.05, 4.69) is 15.2 Å². The van der Waals surface area contributed by atoms with E-state index in [0.717, 1.165) is 23.6 Å². The van der Waals surface area contributed by atoms with Crippen LogP contribution in [0.1, 0.15) is 19.7 Å². The highest BCUT2D eigenvalue weighted by Crippen LogP contribution is 2.29. The van der Waals surface area contributed by atoms with E-state index >= 15 is 0 Å². The molecule has 1 aromatic heterocycles. The molecule has 0 fully saturated rings. The Bertz CT molecular complexity index is 780. The minimum absolute atomic E-state index is 0.00903. The standard InChI is InChI=1S/C19H20N4OS/c1-3-17-20-19(22-21-17)25-14(2)18(24)23(15-10-6-4-7-11-15)16-12-8-5-9-13-16/h4-14H,3H2,1-2H3,(H,20,21,22)/t14-/m1/s1. The van der Waals surface area contributed by atoms with Gasteiger partial charge in [0.05, 0.1) is 5.25 Å². The summed E-state index contributed by atoms with van der Waals surface area (Å²) >= 11 is 1.36. The van der Waals surface area contributed by atoms with Crippen LogP contribution in [0.25, 0.3) is 0 Å². The van der Waals surface area contributed by atoms with Crippen LogP contribution in [0.3, 0.4) is 0 Å². The lowest BCUT2D eigenvalue weighted by Gasteiger charge is -2.25. The molecule has 0 spiro atoms. The highest BCUT2D eigenvalue weighted by atomic mass is 32.2. The zero-order valence-electron chi connectivity index (χ0n) is 14.2. The number of carbonyl (C=O) groups excluding carboxylic acids is 1. The fourth-order valence-electron chi connectivity index (χ4n) is 2.44. The number of nitrogens with zero attached hydrogens (tertiary/aromatic N) is 3. The lowest BCUT2D eigenvalue weighted by atomic mass is 10.2. The van der Waals surface area contributed by atoms with Crippen molar-refractivity contribution in [2.24, 2.45) is 0 Å². The molecular weight excluding hydrogens is 332 g/mol. The number of amides is 1. The molecule has 25 heavy (non-hydrogen) atoms. The average molecular weight is 352 g/mol. The maximum Gasteiger partial charge on any atom is 0.244 e. The Morgan fingerprint density at radius 1 is 1.08 bits per heavy atom. The van der Waals surface area contributed by atoms with Crippen LogP contribution < -0.4 is 4.90 Å². The number of thioether (sulfide) groups is 1. The molecule has 0 radical (unpaired) electrons.